The van der Waals surface area contributed by atoms with Crippen LogP contribution in [0.25, 0.3) is 0 Å². The molecule has 0 radical (unpaired) electrons. The molecule has 1 saturated carbocycles. The van der Waals surface area contributed by atoms with Crippen LogP contribution in [0.5, 0.6) is 11.5 Å². The highest BCUT2D eigenvalue weighted by Crippen LogP contribution is 2.53. The van der Waals surface area contributed by atoms with Crippen LogP contribution in [-0.2, 0) is 41.0 Å². The third-order valence-electron chi connectivity index (χ3n) is 16.9. The number of thioether (sulfide) groups is 2. The van der Waals surface area contributed by atoms with E-state index in [0.717, 1.165) is 90.8 Å². The molecule has 2 aromatic rings. The lowest BCUT2D eigenvalue weighted by Gasteiger charge is -2.45. The highest BCUT2D eigenvalue weighted by atomic mass is 32.2. The summed E-state index contributed by atoms with van der Waals surface area (Å²) in [4.78, 5) is 0. The fraction of sp³-hybridized carbons (Fsp3) is 0.763. The van der Waals surface area contributed by atoms with Crippen LogP contribution in [-0.4, -0.2) is 109 Å². The fourth-order valence-electron chi connectivity index (χ4n) is 10.8. The molecule has 1 heterocycles. The lowest BCUT2D eigenvalue weighted by Crippen LogP contribution is -2.51. The zero-order valence-electron chi connectivity index (χ0n) is 48.2. The average molecular weight is 1080 g/mol. The first-order valence-corrected chi connectivity index (χ1v) is 35.0. The fourth-order valence-corrected chi connectivity index (χ4v) is 18.6. The summed E-state index contributed by atoms with van der Waals surface area (Å²) in [6.45, 7) is 31.7. The predicted molar refractivity (Wildman–Crippen MR) is 310 cm³/mol. The Labute approximate surface area is 450 Å². The first-order chi connectivity index (χ1) is 34.1. The summed E-state index contributed by atoms with van der Waals surface area (Å²) in [7, 11) is 2.98. The van der Waals surface area contributed by atoms with E-state index in [-0.39, 0.29) is 63.3 Å². The lowest BCUT2D eigenvalue weighted by molar-refractivity contribution is -0.123. The molecule has 2 fully saturated rings. The maximum Gasteiger partial charge on any atom is 0.193 e. The largest absolute Gasteiger partial charge is 0.497 e. The van der Waals surface area contributed by atoms with Gasteiger partial charge >= 0.3 is 0 Å². The van der Waals surface area contributed by atoms with Crippen LogP contribution in [0.15, 0.2) is 60.2 Å². The molecule has 2 aliphatic rings. The molecule has 13 heteroatoms. The van der Waals surface area contributed by atoms with Crippen LogP contribution in [0.4, 0.5) is 0 Å². The first-order valence-electron chi connectivity index (χ1n) is 27.6. The van der Waals surface area contributed by atoms with Crippen molar-refractivity contribution in [3.05, 3.63) is 71.3 Å². The van der Waals surface area contributed by atoms with Crippen LogP contribution >= 0.6 is 23.5 Å². The number of allylic oxidation sites excluding steroid dienone is 1. The van der Waals surface area contributed by atoms with Gasteiger partial charge in [0.25, 0.3) is 0 Å². The number of hydrogen-bond acceptors (Lipinski definition) is 11. The summed E-state index contributed by atoms with van der Waals surface area (Å²) in [6, 6.07) is 19.4. The van der Waals surface area contributed by atoms with Gasteiger partial charge in [-0.05, 0) is 170 Å². The number of rotatable bonds is 31. The quantitative estimate of drug-likeness (QED) is 0.0578. The van der Waals surface area contributed by atoms with Crippen LogP contribution in [0.2, 0.25) is 36.3 Å². The Morgan fingerprint density at radius 3 is 1.88 bits per heavy atom. The number of benzene rings is 2. The molecule has 4 rings (SSSR count). The zero-order valence-corrected chi connectivity index (χ0v) is 51.8. The van der Waals surface area contributed by atoms with Gasteiger partial charge in [0.1, 0.15) is 17.6 Å². The Kier molecular flexibility index (Phi) is 26.3. The number of methoxy groups -OCH3 is 4. The molecule has 1 aliphatic heterocycles. The van der Waals surface area contributed by atoms with Gasteiger partial charge in [-0.2, -0.15) is 0 Å². The smallest absolute Gasteiger partial charge is 0.193 e. The highest BCUT2D eigenvalue weighted by molar-refractivity contribution is 8.18. The Hall–Kier alpha value is -1.37. The first kappa shape index (κ1) is 63.2. The minimum Gasteiger partial charge on any atom is -0.497 e. The van der Waals surface area contributed by atoms with E-state index in [1.807, 2.05) is 38.5 Å². The summed E-state index contributed by atoms with van der Waals surface area (Å²) in [5, 5.41) is 12.5. The molecule has 1 N–H and O–H groups in total. The summed E-state index contributed by atoms with van der Waals surface area (Å²) >= 11 is 4.12. The molecule has 9 nitrogen and oxygen atoms in total. The van der Waals surface area contributed by atoms with E-state index < -0.39 is 22.7 Å². The van der Waals surface area contributed by atoms with Gasteiger partial charge in [-0.1, -0.05) is 99.6 Å². The molecule has 11 atom stereocenters. The van der Waals surface area contributed by atoms with E-state index in [9.17, 15) is 5.11 Å². The van der Waals surface area contributed by atoms with Crippen molar-refractivity contribution in [2.45, 2.75) is 211 Å². The molecule has 1 saturated heterocycles. The summed E-state index contributed by atoms with van der Waals surface area (Å²) < 4.78 is 51.6. The van der Waals surface area contributed by atoms with Gasteiger partial charge in [0.15, 0.2) is 16.6 Å². The Morgan fingerprint density at radius 2 is 1.36 bits per heavy atom. The van der Waals surface area contributed by atoms with Gasteiger partial charge in [-0.3, -0.25) is 0 Å². The van der Waals surface area contributed by atoms with Crippen molar-refractivity contribution >= 4 is 40.2 Å². The second kappa shape index (κ2) is 30.0. The average Bonchev–Trinajstić information content (AvgIpc) is 3.36. The highest BCUT2D eigenvalue weighted by Gasteiger charge is 2.46. The topological polar surface area (TPSA) is 94.1 Å². The molecular formula is C59H102O9S2Si2. The molecular weight excluding hydrogens is 973 g/mol. The van der Waals surface area contributed by atoms with E-state index in [2.05, 4.69) is 143 Å². The van der Waals surface area contributed by atoms with Crippen molar-refractivity contribution in [3.8, 4) is 11.5 Å². The van der Waals surface area contributed by atoms with E-state index in [1.54, 1.807) is 14.2 Å². The molecule has 412 valence electrons. The molecule has 0 bridgehead atoms. The van der Waals surface area contributed by atoms with Crippen molar-refractivity contribution in [1.29, 1.82) is 0 Å². The second-order valence-electron chi connectivity index (χ2n) is 23.2. The number of aliphatic hydroxyl groups is 1. The van der Waals surface area contributed by atoms with E-state index in [4.69, 9.17) is 37.3 Å². The predicted octanol–water partition coefficient (Wildman–Crippen LogP) is 15.0. The van der Waals surface area contributed by atoms with Crippen molar-refractivity contribution in [3.63, 3.8) is 0 Å². The Bertz CT molecular complexity index is 1840. The van der Waals surface area contributed by atoms with Crippen molar-refractivity contribution in [2.24, 2.45) is 29.6 Å². The van der Waals surface area contributed by atoms with Crippen LogP contribution in [0.3, 0.4) is 0 Å². The van der Waals surface area contributed by atoms with E-state index >= 15 is 0 Å². The molecule has 1 aliphatic carbocycles. The third-order valence-corrected chi connectivity index (χ3v) is 29.7. The summed E-state index contributed by atoms with van der Waals surface area (Å²) in [5.74, 6) is 5.10. The molecule has 0 spiro atoms. The SMILES string of the molecule is CC[Si](CC)(CC)O[C@H](/C(C)=C/[C@@H](C)C1(C[C@H](O)[C@H](C)C[C@@H]2CC[C@@H](O[Si](C)(C)C(C)(C)C)[C@H](OC)C2)SCCCS1)[C@@H](OC)[C@@H](OCc1ccc(OC)cc1)[C@H](C)C[C@H](C)COCc1ccc(OC)cc1. The maximum atomic E-state index is 12.3. The van der Waals surface area contributed by atoms with Crippen molar-refractivity contribution < 1.29 is 42.4 Å². The number of ether oxygens (including phenoxy) is 6. The van der Waals surface area contributed by atoms with Gasteiger partial charge in [-0.15, -0.1) is 23.5 Å². The molecule has 0 aromatic heterocycles. The van der Waals surface area contributed by atoms with Gasteiger partial charge in [0.2, 0.25) is 0 Å². The van der Waals surface area contributed by atoms with Crippen molar-refractivity contribution in [2.75, 3.05) is 46.6 Å². The van der Waals surface area contributed by atoms with Crippen LogP contribution in [0.1, 0.15) is 132 Å². The minimum atomic E-state index is -2.18. The van der Waals surface area contributed by atoms with Gasteiger partial charge in [0.05, 0.1) is 62.0 Å². The standard InChI is InChI=1S/C59H102O9S2Si2/c1-18-72(19-2,20-3)68-56(57(64-15)55(66-41-48-24-29-51(62-13)30-25-48)44(6)34-42(4)39-65-40-47-22-27-50(61-12)28-23-47)45(7)35-46(8)59(69-32-21-33-70-59)38-52(60)43(5)36-49-26-31-53(54(37-49)63-14)67-71(16,17)58(9,10)11/h22-25,27-30,35,42-44,46,49,52-57,60H,18-21,26,31-34,36-41H2,1-17H3/b45-35+/t42-,43+,44+,46+,49-,52-,53+,54+,55-,56+,57-/m0/s1. The second-order valence-corrected chi connectivity index (χ2v) is 35.8. The monoisotopic (exact) mass is 1070 g/mol. The lowest BCUT2D eigenvalue weighted by atomic mass is 9.78. The Balaban J connectivity index is 1.61. The van der Waals surface area contributed by atoms with Gasteiger partial charge in [0, 0.05) is 20.8 Å². The summed E-state index contributed by atoms with van der Waals surface area (Å²) in [6.07, 6.45) is 8.30. The van der Waals surface area contributed by atoms with Gasteiger partial charge in [-0.25, -0.2) is 0 Å². The Morgan fingerprint density at radius 1 is 0.792 bits per heavy atom. The van der Waals surface area contributed by atoms with E-state index in [1.165, 1.54) is 12.0 Å². The molecule has 0 amide bonds. The van der Waals surface area contributed by atoms with Gasteiger partial charge < -0.3 is 42.4 Å². The maximum absolute atomic E-state index is 12.3. The number of hydrogen-bond donors (Lipinski definition) is 1. The number of aliphatic hydroxyl groups excluding tert-OH is 1. The minimum absolute atomic E-state index is 0.0933. The van der Waals surface area contributed by atoms with Crippen LogP contribution < -0.4 is 9.47 Å². The zero-order chi connectivity index (χ0) is 53.3. The molecule has 2 aromatic carbocycles. The van der Waals surface area contributed by atoms with E-state index in [0.29, 0.717) is 25.7 Å². The normalized spacial score (nSPS) is 22.6. The molecule has 0 unspecified atom stereocenters. The van der Waals surface area contributed by atoms with Crippen LogP contribution in [0, 0.1) is 29.6 Å². The van der Waals surface area contributed by atoms with Crippen molar-refractivity contribution in [1.82, 2.24) is 0 Å². The summed E-state index contributed by atoms with van der Waals surface area (Å²) in [5.41, 5.74) is 3.40. The molecule has 72 heavy (non-hydrogen) atoms. The third kappa shape index (κ3) is 18.1.